The molecule has 2 nitrogen and oxygen atoms in total. The quantitative estimate of drug-likeness (QED) is 0.101. The van der Waals surface area contributed by atoms with Gasteiger partial charge in [0.15, 0.2) is 0 Å². The maximum Gasteiger partial charge on any atom is 0.0464 e. The van der Waals surface area contributed by atoms with Gasteiger partial charge >= 0.3 is 0 Å². The van der Waals surface area contributed by atoms with Gasteiger partial charge in [-0.15, -0.1) is 0 Å². The summed E-state index contributed by atoms with van der Waals surface area (Å²) in [6, 6.07) is 82.8. The lowest BCUT2D eigenvalue weighted by molar-refractivity contribution is 1.13. The second kappa shape index (κ2) is 19.8. The normalized spacial score (nSPS) is 11.3. The molecule has 0 amide bonds. The second-order valence-electron chi connectivity index (χ2n) is 16.0. The molecule has 310 valence electrons. The van der Waals surface area contributed by atoms with Crippen molar-refractivity contribution < 1.29 is 0 Å². The standard InChI is InChI=1S/C62H52N2/c1-3-47-19-17-29-59(43-47)63(55-25-13-7-14-26-55)57-39-33-49(34-40-57)31-37-53-45-62(52-23-11-6-12-24-52)54(46-61(53)51-21-9-5-10-22-51)38-32-50-35-41-58(42-36-50)64(56-27-15-8-16-28-56)60-30-18-20-48(4-2)44-60/h5-46H,3-4H2,1-2H3/b37-31-,38-32-. The third kappa shape index (κ3) is 9.58. The molecule has 0 radical (unpaired) electrons. The first-order chi connectivity index (χ1) is 31.6. The van der Waals surface area contributed by atoms with Crippen molar-refractivity contribution in [2.75, 3.05) is 9.80 Å². The first-order valence-electron chi connectivity index (χ1n) is 22.4. The highest BCUT2D eigenvalue weighted by Gasteiger charge is 2.15. The molecule has 0 unspecified atom stereocenters. The van der Waals surface area contributed by atoms with E-state index in [1.807, 2.05) is 0 Å². The van der Waals surface area contributed by atoms with Gasteiger partial charge in [0.2, 0.25) is 0 Å². The molecule has 0 saturated heterocycles. The molecule has 0 spiro atoms. The van der Waals surface area contributed by atoms with Crippen LogP contribution in [0.25, 0.3) is 46.6 Å². The Balaban J connectivity index is 1.06. The summed E-state index contributed by atoms with van der Waals surface area (Å²) in [6.07, 6.45) is 11.0. The molecule has 64 heavy (non-hydrogen) atoms. The predicted molar refractivity (Wildman–Crippen MR) is 276 cm³/mol. The molecule has 0 aliphatic carbocycles. The van der Waals surface area contributed by atoms with Crippen LogP contribution in [0.3, 0.4) is 0 Å². The Morgan fingerprint density at radius 1 is 0.297 bits per heavy atom. The first kappa shape index (κ1) is 41.4. The molecule has 0 atom stereocenters. The minimum absolute atomic E-state index is 0.992. The van der Waals surface area contributed by atoms with Crippen LogP contribution < -0.4 is 9.80 Å². The lowest BCUT2D eigenvalue weighted by Crippen LogP contribution is -2.10. The number of hydrogen-bond acceptors (Lipinski definition) is 2. The number of nitrogens with zero attached hydrogens (tertiary/aromatic N) is 2. The molecule has 0 N–H and O–H groups in total. The van der Waals surface area contributed by atoms with E-state index in [1.54, 1.807) is 0 Å². The summed E-state index contributed by atoms with van der Waals surface area (Å²) >= 11 is 0. The third-order valence-electron chi connectivity index (χ3n) is 11.8. The Bertz CT molecular complexity index is 2760. The highest BCUT2D eigenvalue weighted by Crippen LogP contribution is 2.38. The number of aryl methyl sites for hydroxylation is 2. The van der Waals surface area contributed by atoms with Crippen LogP contribution in [0.5, 0.6) is 0 Å². The second-order valence-corrected chi connectivity index (χ2v) is 16.0. The maximum absolute atomic E-state index is 2.35. The highest BCUT2D eigenvalue weighted by atomic mass is 15.1. The molecule has 2 heteroatoms. The fourth-order valence-corrected chi connectivity index (χ4v) is 8.36. The Hall–Kier alpha value is -7.94. The van der Waals surface area contributed by atoms with Gasteiger partial charge in [0, 0.05) is 34.1 Å². The van der Waals surface area contributed by atoms with Crippen LogP contribution in [0.15, 0.2) is 231 Å². The van der Waals surface area contributed by atoms with Crippen LogP contribution in [-0.4, -0.2) is 0 Å². The van der Waals surface area contributed by atoms with E-state index in [0.29, 0.717) is 0 Å². The minimum atomic E-state index is 0.992. The van der Waals surface area contributed by atoms with E-state index in [-0.39, 0.29) is 0 Å². The lowest BCUT2D eigenvalue weighted by Gasteiger charge is -2.26. The van der Waals surface area contributed by atoms with E-state index in [1.165, 1.54) is 33.4 Å². The van der Waals surface area contributed by atoms with Crippen molar-refractivity contribution in [2.24, 2.45) is 0 Å². The molecular weight excluding hydrogens is 773 g/mol. The smallest absolute Gasteiger partial charge is 0.0464 e. The van der Waals surface area contributed by atoms with Crippen LogP contribution >= 0.6 is 0 Å². The van der Waals surface area contributed by atoms with Gasteiger partial charge in [0.05, 0.1) is 0 Å². The molecule has 0 fully saturated rings. The lowest BCUT2D eigenvalue weighted by atomic mass is 9.90. The molecule has 0 aliphatic rings. The Kier molecular flexibility index (Phi) is 12.8. The number of benzene rings is 9. The summed E-state index contributed by atoms with van der Waals surface area (Å²) in [4.78, 5) is 4.66. The van der Waals surface area contributed by atoms with Crippen molar-refractivity contribution >= 4 is 58.4 Å². The summed E-state index contributed by atoms with van der Waals surface area (Å²) in [5.41, 5.74) is 18.8. The van der Waals surface area contributed by atoms with Crippen LogP contribution in [0, 0.1) is 0 Å². The molecule has 9 aromatic rings. The first-order valence-corrected chi connectivity index (χ1v) is 22.4. The molecule has 0 saturated carbocycles. The molecule has 0 heterocycles. The summed E-state index contributed by atoms with van der Waals surface area (Å²) in [7, 11) is 0. The van der Waals surface area contributed by atoms with Crippen molar-refractivity contribution in [3.8, 4) is 22.3 Å². The number of para-hydroxylation sites is 2. The zero-order valence-electron chi connectivity index (χ0n) is 36.6. The van der Waals surface area contributed by atoms with Gasteiger partial charge in [-0.1, -0.05) is 184 Å². The van der Waals surface area contributed by atoms with Crippen molar-refractivity contribution in [3.05, 3.63) is 264 Å². The van der Waals surface area contributed by atoms with E-state index < -0.39 is 0 Å². The highest BCUT2D eigenvalue weighted by molar-refractivity contribution is 5.91. The van der Waals surface area contributed by atoms with Crippen molar-refractivity contribution in [1.29, 1.82) is 0 Å². The molecule has 0 aliphatic heterocycles. The van der Waals surface area contributed by atoms with Crippen molar-refractivity contribution in [3.63, 3.8) is 0 Å². The minimum Gasteiger partial charge on any atom is -0.310 e. The van der Waals surface area contributed by atoms with Crippen molar-refractivity contribution in [1.82, 2.24) is 0 Å². The fraction of sp³-hybridized carbons (Fsp3) is 0.0645. The van der Waals surface area contributed by atoms with E-state index >= 15 is 0 Å². The van der Waals surface area contributed by atoms with Gasteiger partial charge in [-0.3, -0.25) is 0 Å². The summed E-state index contributed by atoms with van der Waals surface area (Å²) in [5.74, 6) is 0. The summed E-state index contributed by atoms with van der Waals surface area (Å²) in [5, 5.41) is 0. The van der Waals surface area contributed by atoms with Gasteiger partial charge in [-0.2, -0.15) is 0 Å². The summed E-state index contributed by atoms with van der Waals surface area (Å²) in [6.45, 7) is 4.41. The van der Waals surface area contributed by atoms with E-state index in [4.69, 9.17) is 0 Å². The zero-order valence-corrected chi connectivity index (χ0v) is 36.6. The van der Waals surface area contributed by atoms with E-state index in [2.05, 4.69) is 278 Å². The number of rotatable bonds is 14. The Morgan fingerprint density at radius 2 is 0.625 bits per heavy atom. The van der Waals surface area contributed by atoms with Crippen LogP contribution in [-0.2, 0) is 12.8 Å². The predicted octanol–water partition coefficient (Wildman–Crippen LogP) is 17.4. The van der Waals surface area contributed by atoms with Gasteiger partial charge in [0.1, 0.15) is 0 Å². The van der Waals surface area contributed by atoms with E-state index in [0.717, 1.165) is 69.2 Å². The topological polar surface area (TPSA) is 6.48 Å². The van der Waals surface area contributed by atoms with Gasteiger partial charge < -0.3 is 9.80 Å². The van der Waals surface area contributed by atoms with E-state index in [9.17, 15) is 0 Å². The Labute approximate surface area is 379 Å². The van der Waals surface area contributed by atoms with Gasteiger partial charge in [-0.25, -0.2) is 0 Å². The molecule has 0 aromatic heterocycles. The van der Waals surface area contributed by atoms with Gasteiger partial charge in [-0.05, 0) is 153 Å². The number of hydrogen-bond donors (Lipinski definition) is 0. The number of anilines is 6. The largest absolute Gasteiger partial charge is 0.310 e. The van der Waals surface area contributed by atoms with Crippen LogP contribution in [0.4, 0.5) is 34.1 Å². The molecule has 9 rings (SSSR count). The molecule has 0 bridgehead atoms. The van der Waals surface area contributed by atoms with Gasteiger partial charge in [0.25, 0.3) is 0 Å². The third-order valence-corrected chi connectivity index (χ3v) is 11.8. The average molecular weight is 825 g/mol. The fourth-order valence-electron chi connectivity index (χ4n) is 8.36. The SMILES string of the molecule is CCc1cccc(N(c2ccccc2)c2ccc(/C=C\c3cc(-c4ccccc4)c(/C=C\c4ccc(N(c5ccccc5)c5cccc(CC)c5)cc4)cc3-c3ccccc3)cc2)c1. The zero-order chi connectivity index (χ0) is 43.5. The monoisotopic (exact) mass is 824 g/mol. The molecule has 9 aromatic carbocycles. The maximum atomic E-state index is 2.35. The Morgan fingerprint density at radius 3 is 0.984 bits per heavy atom. The van der Waals surface area contributed by atoms with Crippen LogP contribution in [0.2, 0.25) is 0 Å². The molecular formula is C62H52N2. The average Bonchev–Trinajstić information content (AvgIpc) is 3.37. The van der Waals surface area contributed by atoms with Crippen molar-refractivity contribution in [2.45, 2.75) is 26.7 Å². The summed E-state index contributed by atoms with van der Waals surface area (Å²) < 4.78 is 0. The van der Waals surface area contributed by atoms with Crippen LogP contribution in [0.1, 0.15) is 47.2 Å².